The van der Waals surface area contributed by atoms with Gasteiger partial charge in [-0.2, -0.15) is 0 Å². The monoisotopic (exact) mass is 212 g/mol. The van der Waals surface area contributed by atoms with Crippen molar-refractivity contribution in [2.45, 2.75) is 6.92 Å². The van der Waals surface area contributed by atoms with Crippen LogP contribution in [0.5, 0.6) is 5.75 Å². The van der Waals surface area contributed by atoms with Gasteiger partial charge in [0.05, 0.1) is 12.1 Å². The molecule has 3 heteroatoms. The zero-order valence-electron chi connectivity index (χ0n) is 7.43. The van der Waals surface area contributed by atoms with E-state index in [9.17, 15) is 0 Å². The normalized spacial score (nSPS) is 10.7. The lowest BCUT2D eigenvalue weighted by molar-refractivity contribution is 0.413. The van der Waals surface area contributed by atoms with Gasteiger partial charge in [0.2, 0.25) is 0 Å². The molecule has 0 bridgehead atoms. The molecule has 0 fully saturated rings. The number of halogens is 1. The summed E-state index contributed by atoms with van der Waals surface area (Å²) < 4.78 is 6.48. The fourth-order valence-corrected chi connectivity index (χ4v) is 2.69. The predicted octanol–water partition coefficient (Wildman–Crippen LogP) is 3.87. The van der Waals surface area contributed by atoms with Gasteiger partial charge in [0.1, 0.15) is 5.75 Å². The summed E-state index contributed by atoms with van der Waals surface area (Å²) in [5, 5.41) is 3.94. The van der Waals surface area contributed by atoms with Gasteiger partial charge in [-0.05, 0) is 29.8 Å². The van der Waals surface area contributed by atoms with Crippen LogP contribution in [-0.4, -0.2) is 7.11 Å². The molecule has 2 rings (SSSR count). The molecule has 2 aromatic rings. The molecule has 0 atom stereocenters. The van der Waals surface area contributed by atoms with Gasteiger partial charge in [0.25, 0.3) is 0 Å². The number of methoxy groups -OCH3 is 1. The van der Waals surface area contributed by atoms with E-state index in [4.69, 9.17) is 16.3 Å². The Hall–Kier alpha value is -0.730. The lowest BCUT2D eigenvalue weighted by atomic mass is 10.1. The van der Waals surface area contributed by atoms with Gasteiger partial charge >= 0.3 is 0 Å². The number of aryl methyl sites for hydroxylation is 1. The van der Waals surface area contributed by atoms with Gasteiger partial charge in [0.15, 0.2) is 0 Å². The Morgan fingerprint density at radius 2 is 2.23 bits per heavy atom. The van der Waals surface area contributed by atoms with Crippen molar-refractivity contribution in [2.24, 2.45) is 0 Å². The third-order valence-electron chi connectivity index (χ3n) is 2.08. The summed E-state index contributed by atoms with van der Waals surface area (Å²) in [6.45, 7) is 2.03. The van der Waals surface area contributed by atoms with Crippen LogP contribution in [0.4, 0.5) is 0 Å². The first-order valence-electron chi connectivity index (χ1n) is 3.94. The standard InChI is InChI=1S/C10H9ClOS/c1-6-9(12-2)8(11)5-7-3-4-13-10(6)7/h3-5H,1-2H3. The van der Waals surface area contributed by atoms with Crippen molar-refractivity contribution in [1.29, 1.82) is 0 Å². The number of hydrogen-bond acceptors (Lipinski definition) is 2. The minimum absolute atomic E-state index is 0.686. The topological polar surface area (TPSA) is 9.23 Å². The molecule has 0 N–H and O–H groups in total. The second kappa shape index (κ2) is 3.20. The summed E-state index contributed by atoms with van der Waals surface area (Å²) in [5.74, 6) is 0.789. The molecule has 0 radical (unpaired) electrons. The Morgan fingerprint density at radius 3 is 2.92 bits per heavy atom. The Morgan fingerprint density at radius 1 is 1.46 bits per heavy atom. The highest BCUT2D eigenvalue weighted by molar-refractivity contribution is 7.17. The van der Waals surface area contributed by atoms with Crippen LogP contribution in [0.3, 0.4) is 0 Å². The molecule has 0 spiro atoms. The van der Waals surface area contributed by atoms with E-state index >= 15 is 0 Å². The number of fused-ring (bicyclic) bond motifs is 1. The molecule has 0 saturated carbocycles. The number of benzene rings is 1. The van der Waals surface area contributed by atoms with Crippen LogP contribution in [-0.2, 0) is 0 Å². The van der Waals surface area contributed by atoms with E-state index < -0.39 is 0 Å². The molecule has 1 heterocycles. The zero-order valence-corrected chi connectivity index (χ0v) is 9.00. The quantitative estimate of drug-likeness (QED) is 0.697. The number of hydrogen-bond donors (Lipinski definition) is 0. The molecule has 0 aliphatic rings. The average Bonchev–Trinajstić information content (AvgIpc) is 2.53. The SMILES string of the molecule is COc1c(Cl)cc2ccsc2c1C. The smallest absolute Gasteiger partial charge is 0.141 e. The highest BCUT2D eigenvalue weighted by atomic mass is 35.5. The highest BCUT2D eigenvalue weighted by Gasteiger charge is 2.09. The molecule has 13 heavy (non-hydrogen) atoms. The van der Waals surface area contributed by atoms with Crippen LogP contribution in [0.1, 0.15) is 5.56 Å². The molecule has 1 aromatic heterocycles. The van der Waals surface area contributed by atoms with Crippen molar-refractivity contribution < 1.29 is 4.74 Å². The Kier molecular flexibility index (Phi) is 2.18. The average molecular weight is 213 g/mol. The highest BCUT2D eigenvalue weighted by Crippen LogP contribution is 2.37. The van der Waals surface area contributed by atoms with Gasteiger partial charge in [-0.3, -0.25) is 0 Å². The fraction of sp³-hybridized carbons (Fsp3) is 0.200. The van der Waals surface area contributed by atoms with Gasteiger partial charge < -0.3 is 4.74 Å². The van der Waals surface area contributed by atoms with E-state index in [1.807, 2.05) is 13.0 Å². The van der Waals surface area contributed by atoms with Crippen LogP contribution >= 0.6 is 22.9 Å². The largest absolute Gasteiger partial charge is 0.495 e. The second-order valence-corrected chi connectivity index (χ2v) is 4.18. The molecule has 0 amide bonds. The summed E-state index contributed by atoms with van der Waals surface area (Å²) >= 11 is 7.76. The molecule has 0 aliphatic heterocycles. The molecular formula is C10H9ClOS. The second-order valence-electron chi connectivity index (χ2n) is 2.86. The van der Waals surface area contributed by atoms with Crippen molar-refractivity contribution in [3.8, 4) is 5.75 Å². The van der Waals surface area contributed by atoms with Crippen LogP contribution in [0.25, 0.3) is 10.1 Å². The maximum atomic E-state index is 6.05. The van der Waals surface area contributed by atoms with Gasteiger partial charge in [-0.25, -0.2) is 0 Å². The van der Waals surface area contributed by atoms with Crippen molar-refractivity contribution >= 4 is 33.0 Å². The Labute approximate surface area is 85.9 Å². The molecular weight excluding hydrogens is 204 g/mol. The van der Waals surface area contributed by atoms with Crippen molar-refractivity contribution in [1.82, 2.24) is 0 Å². The predicted molar refractivity (Wildman–Crippen MR) is 58.1 cm³/mol. The molecule has 1 aromatic carbocycles. The maximum Gasteiger partial charge on any atom is 0.141 e. The first-order chi connectivity index (χ1) is 6.24. The van der Waals surface area contributed by atoms with E-state index in [1.54, 1.807) is 18.4 Å². The third kappa shape index (κ3) is 1.30. The van der Waals surface area contributed by atoms with Crippen molar-refractivity contribution in [2.75, 3.05) is 7.11 Å². The summed E-state index contributed by atoms with van der Waals surface area (Å²) in [6.07, 6.45) is 0. The Bertz CT molecular complexity index is 447. The van der Waals surface area contributed by atoms with Gasteiger partial charge in [-0.15, -0.1) is 11.3 Å². The van der Waals surface area contributed by atoms with Crippen molar-refractivity contribution in [3.63, 3.8) is 0 Å². The molecule has 0 unspecified atom stereocenters. The third-order valence-corrected chi connectivity index (χ3v) is 3.41. The zero-order chi connectivity index (χ0) is 9.42. The first-order valence-corrected chi connectivity index (χ1v) is 5.20. The van der Waals surface area contributed by atoms with Crippen molar-refractivity contribution in [3.05, 3.63) is 28.1 Å². The minimum Gasteiger partial charge on any atom is -0.495 e. The fourth-order valence-electron chi connectivity index (χ4n) is 1.47. The van der Waals surface area contributed by atoms with E-state index in [-0.39, 0.29) is 0 Å². The first kappa shape index (κ1) is 8.85. The van der Waals surface area contributed by atoms with Gasteiger partial charge in [-0.1, -0.05) is 11.6 Å². The van der Waals surface area contributed by atoms with Crippen LogP contribution in [0.2, 0.25) is 5.02 Å². The lowest BCUT2D eigenvalue weighted by Gasteiger charge is -2.07. The summed E-state index contributed by atoms with van der Waals surface area (Å²) in [6, 6.07) is 4.01. The summed E-state index contributed by atoms with van der Waals surface area (Å²) in [4.78, 5) is 0. The lowest BCUT2D eigenvalue weighted by Crippen LogP contribution is -1.87. The number of thiophene rings is 1. The maximum absolute atomic E-state index is 6.05. The molecule has 0 saturated heterocycles. The Balaban J connectivity index is 2.85. The van der Waals surface area contributed by atoms with E-state index in [2.05, 4.69) is 11.4 Å². The van der Waals surface area contributed by atoms with E-state index in [0.29, 0.717) is 5.02 Å². The van der Waals surface area contributed by atoms with Crippen LogP contribution in [0.15, 0.2) is 17.5 Å². The minimum atomic E-state index is 0.686. The van der Waals surface area contributed by atoms with E-state index in [0.717, 1.165) is 11.3 Å². The summed E-state index contributed by atoms with van der Waals surface area (Å²) in [7, 11) is 1.65. The van der Waals surface area contributed by atoms with Gasteiger partial charge in [0, 0.05) is 10.3 Å². The van der Waals surface area contributed by atoms with Crippen LogP contribution < -0.4 is 4.74 Å². The number of ether oxygens (including phenoxy) is 1. The summed E-state index contributed by atoms with van der Waals surface area (Å²) in [5.41, 5.74) is 1.13. The van der Waals surface area contributed by atoms with E-state index in [1.165, 1.54) is 10.1 Å². The number of rotatable bonds is 1. The molecule has 68 valence electrons. The van der Waals surface area contributed by atoms with Crippen LogP contribution in [0, 0.1) is 6.92 Å². The molecule has 1 nitrogen and oxygen atoms in total. The molecule has 0 aliphatic carbocycles.